The number of rotatable bonds is 6. The quantitative estimate of drug-likeness (QED) is 0.731. The second-order valence-corrected chi connectivity index (χ2v) is 4.94. The number of unbranched alkanes of at least 4 members (excludes halogenated alkanes) is 1. The number of carbonyl (C=O) groups excluding carboxylic acids is 2. The fourth-order valence-electron chi connectivity index (χ4n) is 2.26. The van der Waals surface area contributed by atoms with Gasteiger partial charge in [-0.25, -0.2) is 0 Å². The number of carbonyl (C=O) groups is 2. The molecule has 1 aliphatic rings. The largest absolute Gasteiger partial charge is 0.368 e. The first-order chi connectivity index (χ1) is 8.65. The van der Waals surface area contributed by atoms with Crippen molar-refractivity contribution in [1.29, 1.82) is 0 Å². The third-order valence-corrected chi connectivity index (χ3v) is 3.30. The molecule has 0 aromatic carbocycles. The summed E-state index contributed by atoms with van der Waals surface area (Å²) in [7, 11) is 0. The van der Waals surface area contributed by atoms with E-state index in [1.54, 1.807) is 4.90 Å². The summed E-state index contributed by atoms with van der Waals surface area (Å²) in [4.78, 5) is 25.0. The molecule has 1 fully saturated rings. The van der Waals surface area contributed by atoms with Gasteiger partial charge in [0.2, 0.25) is 11.8 Å². The Morgan fingerprint density at radius 1 is 1.33 bits per heavy atom. The van der Waals surface area contributed by atoms with Crippen molar-refractivity contribution in [2.75, 3.05) is 19.6 Å². The third kappa shape index (κ3) is 5.04. The molecule has 1 unspecified atom stereocenters. The minimum absolute atomic E-state index is 0.0316. The van der Waals surface area contributed by atoms with Crippen molar-refractivity contribution >= 4 is 11.8 Å². The van der Waals surface area contributed by atoms with Gasteiger partial charge in [0.1, 0.15) is 0 Å². The summed E-state index contributed by atoms with van der Waals surface area (Å²) in [5, 5.41) is 3.27. The van der Waals surface area contributed by atoms with Crippen molar-refractivity contribution in [2.45, 2.75) is 51.5 Å². The van der Waals surface area contributed by atoms with Crippen LogP contribution in [0.5, 0.6) is 0 Å². The van der Waals surface area contributed by atoms with Crippen LogP contribution in [0.1, 0.15) is 45.4 Å². The molecule has 18 heavy (non-hydrogen) atoms. The van der Waals surface area contributed by atoms with E-state index in [4.69, 9.17) is 5.73 Å². The molecule has 1 atom stereocenters. The van der Waals surface area contributed by atoms with Gasteiger partial charge in [-0.15, -0.1) is 0 Å². The molecule has 0 aromatic heterocycles. The molecule has 0 spiro atoms. The monoisotopic (exact) mass is 255 g/mol. The summed E-state index contributed by atoms with van der Waals surface area (Å²) in [6.45, 7) is 3.61. The lowest BCUT2D eigenvalue weighted by atomic mass is 10.1. The lowest BCUT2D eigenvalue weighted by Crippen LogP contribution is -2.49. The van der Waals surface area contributed by atoms with Crippen LogP contribution in [0.15, 0.2) is 0 Å². The molecule has 0 bridgehead atoms. The maximum absolute atomic E-state index is 12.3. The van der Waals surface area contributed by atoms with Gasteiger partial charge >= 0.3 is 0 Å². The van der Waals surface area contributed by atoms with E-state index in [0.29, 0.717) is 6.54 Å². The standard InChI is InChI=1S/C13H25N3O2/c1-2-3-9-16(10-12(14)17)13(18)11-7-5-4-6-8-15-11/h11,15H,2-10H2,1H3,(H2,14,17). The highest BCUT2D eigenvalue weighted by molar-refractivity contribution is 5.86. The van der Waals surface area contributed by atoms with Gasteiger partial charge in [-0.05, 0) is 25.8 Å². The number of hydrogen-bond donors (Lipinski definition) is 2. The van der Waals surface area contributed by atoms with Gasteiger partial charge in [0.25, 0.3) is 0 Å². The highest BCUT2D eigenvalue weighted by atomic mass is 16.2. The van der Waals surface area contributed by atoms with Gasteiger partial charge in [-0.3, -0.25) is 9.59 Å². The topological polar surface area (TPSA) is 75.4 Å². The van der Waals surface area contributed by atoms with E-state index in [1.165, 1.54) is 6.42 Å². The Balaban J connectivity index is 2.57. The predicted molar refractivity (Wildman–Crippen MR) is 70.9 cm³/mol. The van der Waals surface area contributed by atoms with E-state index in [-0.39, 0.29) is 18.5 Å². The predicted octanol–water partition coefficient (Wildman–Crippen LogP) is 0.633. The van der Waals surface area contributed by atoms with Crippen molar-refractivity contribution in [3.05, 3.63) is 0 Å². The van der Waals surface area contributed by atoms with E-state index in [1.807, 2.05) is 0 Å². The lowest BCUT2D eigenvalue weighted by Gasteiger charge is -2.26. The number of nitrogens with zero attached hydrogens (tertiary/aromatic N) is 1. The Labute approximate surface area is 109 Å². The minimum atomic E-state index is -0.437. The average molecular weight is 255 g/mol. The Kier molecular flexibility index (Phi) is 6.72. The van der Waals surface area contributed by atoms with Gasteiger partial charge in [-0.1, -0.05) is 26.2 Å². The molecule has 0 saturated carbocycles. The molecule has 0 aliphatic carbocycles. The molecule has 104 valence electrons. The molecular formula is C13H25N3O2. The van der Waals surface area contributed by atoms with E-state index in [2.05, 4.69) is 12.2 Å². The van der Waals surface area contributed by atoms with Crippen LogP contribution in [0.4, 0.5) is 0 Å². The molecule has 1 rings (SSSR count). The van der Waals surface area contributed by atoms with Crippen LogP contribution in [0.25, 0.3) is 0 Å². The zero-order valence-corrected chi connectivity index (χ0v) is 11.3. The lowest BCUT2D eigenvalue weighted by molar-refractivity contribution is -0.137. The van der Waals surface area contributed by atoms with Gasteiger partial charge in [0, 0.05) is 6.54 Å². The van der Waals surface area contributed by atoms with Crippen LogP contribution >= 0.6 is 0 Å². The Morgan fingerprint density at radius 2 is 2.11 bits per heavy atom. The molecular weight excluding hydrogens is 230 g/mol. The average Bonchev–Trinajstić information content (AvgIpc) is 2.61. The minimum Gasteiger partial charge on any atom is -0.368 e. The molecule has 5 nitrogen and oxygen atoms in total. The Hall–Kier alpha value is -1.10. The van der Waals surface area contributed by atoms with Gasteiger partial charge < -0.3 is 16.0 Å². The summed E-state index contributed by atoms with van der Waals surface area (Å²) in [5.74, 6) is -0.405. The highest BCUT2D eigenvalue weighted by Gasteiger charge is 2.25. The van der Waals surface area contributed by atoms with Crippen LogP contribution in [0, 0.1) is 0 Å². The summed E-state index contributed by atoms with van der Waals surface area (Å²) >= 11 is 0. The summed E-state index contributed by atoms with van der Waals surface area (Å²) < 4.78 is 0. The Bertz CT molecular complexity index is 273. The van der Waals surface area contributed by atoms with Gasteiger partial charge in [-0.2, -0.15) is 0 Å². The number of primary amides is 1. The fourth-order valence-corrected chi connectivity index (χ4v) is 2.26. The maximum Gasteiger partial charge on any atom is 0.240 e. The Morgan fingerprint density at radius 3 is 2.78 bits per heavy atom. The summed E-state index contributed by atoms with van der Waals surface area (Å²) in [6, 6.07) is -0.135. The van der Waals surface area contributed by atoms with Gasteiger partial charge in [0.15, 0.2) is 0 Å². The van der Waals surface area contributed by atoms with E-state index >= 15 is 0 Å². The van der Waals surface area contributed by atoms with Gasteiger partial charge in [0.05, 0.1) is 12.6 Å². The zero-order chi connectivity index (χ0) is 13.4. The number of nitrogens with two attached hydrogens (primary N) is 1. The molecule has 0 aromatic rings. The van der Waals surface area contributed by atoms with Crippen LogP contribution in [-0.4, -0.2) is 42.4 Å². The number of nitrogens with one attached hydrogen (secondary N) is 1. The fraction of sp³-hybridized carbons (Fsp3) is 0.846. The molecule has 0 radical (unpaired) electrons. The SMILES string of the molecule is CCCCN(CC(N)=O)C(=O)C1CCCCCN1. The van der Waals surface area contributed by atoms with Crippen molar-refractivity contribution < 1.29 is 9.59 Å². The zero-order valence-electron chi connectivity index (χ0n) is 11.3. The first-order valence-electron chi connectivity index (χ1n) is 6.95. The third-order valence-electron chi connectivity index (χ3n) is 3.30. The van der Waals surface area contributed by atoms with E-state index in [9.17, 15) is 9.59 Å². The number of amides is 2. The van der Waals surface area contributed by atoms with Crippen LogP contribution in [0.3, 0.4) is 0 Å². The maximum atomic E-state index is 12.3. The van der Waals surface area contributed by atoms with Crippen molar-refractivity contribution in [2.24, 2.45) is 5.73 Å². The normalized spacial score (nSPS) is 20.2. The number of hydrogen-bond acceptors (Lipinski definition) is 3. The van der Waals surface area contributed by atoms with Crippen LogP contribution in [0.2, 0.25) is 0 Å². The van der Waals surface area contributed by atoms with Crippen LogP contribution in [-0.2, 0) is 9.59 Å². The second-order valence-electron chi connectivity index (χ2n) is 4.94. The van der Waals surface area contributed by atoms with Crippen LogP contribution < -0.4 is 11.1 Å². The first kappa shape index (κ1) is 15.0. The molecule has 5 heteroatoms. The smallest absolute Gasteiger partial charge is 0.240 e. The molecule has 2 amide bonds. The van der Waals surface area contributed by atoms with Crippen molar-refractivity contribution in [3.8, 4) is 0 Å². The second kappa shape index (κ2) is 8.08. The molecule has 3 N–H and O–H groups in total. The molecule has 1 heterocycles. The van der Waals surface area contributed by atoms with Crippen molar-refractivity contribution in [3.63, 3.8) is 0 Å². The molecule has 1 saturated heterocycles. The summed E-state index contributed by atoms with van der Waals surface area (Å²) in [6.07, 6.45) is 6.13. The molecule has 1 aliphatic heterocycles. The first-order valence-corrected chi connectivity index (χ1v) is 6.95. The highest BCUT2D eigenvalue weighted by Crippen LogP contribution is 2.11. The van der Waals surface area contributed by atoms with E-state index < -0.39 is 5.91 Å². The van der Waals surface area contributed by atoms with E-state index in [0.717, 1.165) is 38.6 Å². The van der Waals surface area contributed by atoms with Crippen molar-refractivity contribution in [1.82, 2.24) is 10.2 Å². The summed E-state index contributed by atoms with van der Waals surface area (Å²) in [5.41, 5.74) is 5.21.